The van der Waals surface area contributed by atoms with Crippen molar-refractivity contribution < 1.29 is 4.39 Å². The van der Waals surface area contributed by atoms with Crippen LogP contribution >= 0.6 is 0 Å². The van der Waals surface area contributed by atoms with Gasteiger partial charge in [-0.25, -0.2) is 4.39 Å². The lowest BCUT2D eigenvalue weighted by molar-refractivity contribution is 0.618. The Hall–Kier alpha value is -1.90. The van der Waals surface area contributed by atoms with E-state index < -0.39 is 0 Å². The van der Waals surface area contributed by atoms with Gasteiger partial charge in [0.15, 0.2) is 0 Å². The molecule has 0 fully saturated rings. The zero-order valence-corrected chi connectivity index (χ0v) is 11.9. The fraction of sp³-hybridized carbons (Fsp3) is 0.312. The third-order valence-corrected chi connectivity index (χ3v) is 3.42. The van der Waals surface area contributed by atoms with Crippen LogP contribution in [0.5, 0.6) is 0 Å². The molecule has 2 rings (SSSR count). The van der Waals surface area contributed by atoms with Crippen LogP contribution in [0.2, 0.25) is 0 Å². The Labute approximate surface area is 113 Å². The minimum Gasteiger partial charge on any atom is -0.349 e. The van der Waals surface area contributed by atoms with Gasteiger partial charge in [0, 0.05) is 29.7 Å². The van der Waals surface area contributed by atoms with Gasteiger partial charge < -0.3 is 4.57 Å². The van der Waals surface area contributed by atoms with Gasteiger partial charge in [-0.3, -0.25) is 4.99 Å². The van der Waals surface area contributed by atoms with E-state index in [9.17, 15) is 4.39 Å². The van der Waals surface area contributed by atoms with Crippen molar-refractivity contribution >= 4 is 11.9 Å². The van der Waals surface area contributed by atoms with Crippen molar-refractivity contribution in [2.24, 2.45) is 4.99 Å². The SMILES string of the molecule is CCn1c(C)cc(C=Nc2ccc(F)c(C)c2)c1C. The van der Waals surface area contributed by atoms with Gasteiger partial charge in [0.05, 0.1) is 5.69 Å². The second-order valence-electron chi connectivity index (χ2n) is 4.76. The summed E-state index contributed by atoms with van der Waals surface area (Å²) in [4.78, 5) is 4.42. The van der Waals surface area contributed by atoms with Gasteiger partial charge in [-0.15, -0.1) is 0 Å². The molecule has 0 aliphatic heterocycles. The predicted octanol–water partition coefficient (Wildman–Crippen LogP) is 4.32. The number of benzene rings is 1. The molecule has 2 aromatic rings. The van der Waals surface area contributed by atoms with Gasteiger partial charge in [-0.05, 0) is 57.5 Å². The third kappa shape index (κ3) is 2.75. The van der Waals surface area contributed by atoms with Crippen LogP contribution in [0.4, 0.5) is 10.1 Å². The van der Waals surface area contributed by atoms with Crippen molar-refractivity contribution in [3.05, 3.63) is 52.6 Å². The highest BCUT2D eigenvalue weighted by Gasteiger charge is 2.05. The first-order valence-corrected chi connectivity index (χ1v) is 6.50. The van der Waals surface area contributed by atoms with Crippen LogP contribution in [0.1, 0.15) is 29.4 Å². The lowest BCUT2D eigenvalue weighted by atomic mass is 10.2. The van der Waals surface area contributed by atoms with E-state index in [-0.39, 0.29) is 5.82 Å². The van der Waals surface area contributed by atoms with Crippen molar-refractivity contribution in [1.29, 1.82) is 0 Å². The van der Waals surface area contributed by atoms with Gasteiger partial charge in [0.2, 0.25) is 0 Å². The second-order valence-corrected chi connectivity index (χ2v) is 4.76. The molecule has 0 saturated carbocycles. The average Bonchev–Trinajstić information content (AvgIpc) is 2.65. The molecule has 3 heteroatoms. The summed E-state index contributed by atoms with van der Waals surface area (Å²) in [6, 6.07) is 7.03. The molecule has 0 saturated heterocycles. The first-order chi connectivity index (χ1) is 9.02. The highest BCUT2D eigenvalue weighted by atomic mass is 19.1. The number of halogens is 1. The van der Waals surface area contributed by atoms with Crippen LogP contribution in [0.3, 0.4) is 0 Å². The topological polar surface area (TPSA) is 17.3 Å². The number of aryl methyl sites for hydroxylation is 2. The maximum atomic E-state index is 13.2. The number of aliphatic imine (C=N–C) groups is 1. The number of hydrogen-bond acceptors (Lipinski definition) is 1. The van der Waals surface area contributed by atoms with E-state index in [1.54, 1.807) is 19.1 Å². The molecule has 19 heavy (non-hydrogen) atoms. The first kappa shape index (κ1) is 13.5. The largest absolute Gasteiger partial charge is 0.349 e. The summed E-state index contributed by atoms with van der Waals surface area (Å²) in [5.41, 5.74) is 4.95. The Balaban J connectivity index is 2.30. The van der Waals surface area contributed by atoms with E-state index in [4.69, 9.17) is 0 Å². The van der Waals surface area contributed by atoms with E-state index in [0.29, 0.717) is 5.56 Å². The molecular weight excluding hydrogens is 239 g/mol. The maximum Gasteiger partial charge on any atom is 0.126 e. The Bertz CT molecular complexity index is 624. The van der Waals surface area contributed by atoms with Crippen LogP contribution in [0.25, 0.3) is 0 Å². The maximum absolute atomic E-state index is 13.2. The van der Waals surface area contributed by atoms with Gasteiger partial charge in [-0.1, -0.05) is 0 Å². The van der Waals surface area contributed by atoms with Crippen molar-refractivity contribution in [2.75, 3.05) is 0 Å². The zero-order chi connectivity index (χ0) is 14.0. The molecule has 0 spiro atoms. The fourth-order valence-corrected chi connectivity index (χ4v) is 2.30. The lowest BCUT2D eigenvalue weighted by Crippen LogP contribution is -1.99. The first-order valence-electron chi connectivity index (χ1n) is 6.50. The van der Waals surface area contributed by atoms with E-state index >= 15 is 0 Å². The second kappa shape index (κ2) is 5.39. The monoisotopic (exact) mass is 258 g/mol. The van der Waals surface area contributed by atoms with E-state index in [0.717, 1.165) is 17.8 Å². The van der Waals surface area contributed by atoms with E-state index in [2.05, 4.69) is 36.4 Å². The van der Waals surface area contributed by atoms with Crippen molar-refractivity contribution in [2.45, 2.75) is 34.2 Å². The molecule has 0 aliphatic rings. The van der Waals surface area contributed by atoms with Crippen molar-refractivity contribution in [3.63, 3.8) is 0 Å². The highest BCUT2D eigenvalue weighted by molar-refractivity contribution is 5.83. The zero-order valence-electron chi connectivity index (χ0n) is 11.9. The van der Waals surface area contributed by atoms with Crippen LogP contribution in [0, 0.1) is 26.6 Å². The summed E-state index contributed by atoms with van der Waals surface area (Å²) in [6.07, 6.45) is 1.85. The molecule has 1 aromatic carbocycles. The van der Waals surface area contributed by atoms with Gasteiger partial charge in [0.25, 0.3) is 0 Å². The molecule has 0 aliphatic carbocycles. The van der Waals surface area contributed by atoms with Crippen LogP contribution in [0.15, 0.2) is 29.3 Å². The molecule has 0 unspecified atom stereocenters. The van der Waals surface area contributed by atoms with E-state index in [1.165, 1.54) is 17.5 Å². The molecule has 0 atom stereocenters. The molecule has 1 aromatic heterocycles. The summed E-state index contributed by atoms with van der Waals surface area (Å²) >= 11 is 0. The average molecular weight is 258 g/mol. The number of nitrogens with zero attached hydrogens (tertiary/aromatic N) is 2. The molecule has 0 bridgehead atoms. The van der Waals surface area contributed by atoms with Crippen LogP contribution < -0.4 is 0 Å². The predicted molar refractivity (Wildman–Crippen MR) is 78.0 cm³/mol. The summed E-state index contributed by atoms with van der Waals surface area (Å²) in [5.74, 6) is -0.192. The van der Waals surface area contributed by atoms with Crippen molar-refractivity contribution in [1.82, 2.24) is 4.57 Å². The Morgan fingerprint density at radius 3 is 2.53 bits per heavy atom. The summed E-state index contributed by atoms with van der Waals surface area (Å²) in [7, 11) is 0. The molecule has 0 radical (unpaired) electrons. The minimum absolute atomic E-state index is 0.192. The lowest BCUT2D eigenvalue weighted by Gasteiger charge is -2.04. The Morgan fingerprint density at radius 2 is 1.95 bits per heavy atom. The third-order valence-electron chi connectivity index (χ3n) is 3.42. The summed E-state index contributed by atoms with van der Waals surface area (Å²) < 4.78 is 15.4. The summed E-state index contributed by atoms with van der Waals surface area (Å²) in [5, 5.41) is 0. The smallest absolute Gasteiger partial charge is 0.126 e. The Kier molecular flexibility index (Phi) is 3.84. The number of hydrogen-bond donors (Lipinski definition) is 0. The molecule has 0 amide bonds. The standard InChI is InChI=1S/C16H19FN2/c1-5-19-12(3)9-14(13(19)4)10-18-15-6-7-16(17)11(2)8-15/h6-10H,5H2,1-4H3. The van der Waals surface area contributed by atoms with Gasteiger partial charge in [0.1, 0.15) is 5.82 Å². The molecule has 0 N–H and O–H groups in total. The van der Waals surface area contributed by atoms with Crippen molar-refractivity contribution in [3.8, 4) is 0 Å². The van der Waals surface area contributed by atoms with Gasteiger partial charge in [-0.2, -0.15) is 0 Å². The molecular formula is C16H19FN2. The molecule has 2 nitrogen and oxygen atoms in total. The quantitative estimate of drug-likeness (QED) is 0.729. The number of aromatic nitrogens is 1. The number of rotatable bonds is 3. The molecule has 1 heterocycles. The minimum atomic E-state index is -0.192. The van der Waals surface area contributed by atoms with Crippen LogP contribution in [-0.2, 0) is 6.54 Å². The van der Waals surface area contributed by atoms with E-state index in [1.807, 2.05) is 6.21 Å². The molecule has 100 valence electrons. The Morgan fingerprint density at radius 1 is 1.21 bits per heavy atom. The van der Waals surface area contributed by atoms with Crippen LogP contribution in [-0.4, -0.2) is 10.8 Å². The highest BCUT2D eigenvalue weighted by Crippen LogP contribution is 2.18. The van der Waals surface area contributed by atoms with Gasteiger partial charge >= 0.3 is 0 Å². The summed E-state index contributed by atoms with van der Waals surface area (Å²) in [6.45, 7) is 9.02. The normalized spacial score (nSPS) is 11.4. The fourth-order valence-electron chi connectivity index (χ4n) is 2.30.